The zero-order chi connectivity index (χ0) is 18.8. The summed E-state index contributed by atoms with van der Waals surface area (Å²) in [5.74, 6) is -0.952. The average Bonchev–Trinajstić information content (AvgIpc) is 2.57. The highest BCUT2D eigenvalue weighted by molar-refractivity contribution is 7.92. The fraction of sp³-hybridized carbons (Fsp3) is 0. The summed E-state index contributed by atoms with van der Waals surface area (Å²) >= 11 is 0. The van der Waals surface area contributed by atoms with E-state index in [0.29, 0.717) is 11.1 Å². The third-order valence-electron chi connectivity index (χ3n) is 3.53. The van der Waals surface area contributed by atoms with E-state index in [9.17, 15) is 18.3 Å². The van der Waals surface area contributed by atoms with Crippen LogP contribution in [0.15, 0.2) is 48.4 Å². The van der Waals surface area contributed by atoms with Crippen LogP contribution >= 0.6 is 0 Å². The first kappa shape index (κ1) is 18.1. The van der Waals surface area contributed by atoms with Crippen LogP contribution in [0.2, 0.25) is 0 Å². The van der Waals surface area contributed by atoms with Gasteiger partial charge in [0.05, 0.1) is 16.3 Å². The molecular weight excluding hydrogens is 342 g/mol. The maximum atomic E-state index is 12.5. The van der Waals surface area contributed by atoms with E-state index >= 15 is 0 Å². The lowest BCUT2D eigenvalue weighted by atomic mass is 10.0. The quantitative estimate of drug-likeness (QED) is 0.463. The summed E-state index contributed by atoms with van der Waals surface area (Å²) in [4.78, 5) is 11.0. The number of hydrogen-bond acceptors (Lipinski definition) is 5. The number of nitrogen functional groups attached to an aromatic ring is 1. The normalized spacial score (nSPS) is 10.9. The van der Waals surface area contributed by atoms with Gasteiger partial charge in [-0.25, -0.2) is 8.42 Å². The van der Waals surface area contributed by atoms with Gasteiger partial charge in [-0.1, -0.05) is 25.3 Å². The number of aromatic hydroxyl groups is 1. The van der Waals surface area contributed by atoms with Gasteiger partial charge in [-0.3, -0.25) is 9.52 Å². The summed E-state index contributed by atoms with van der Waals surface area (Å²) in [6.45, 7) is 7.24. The van der Waals surface area contributed by atoms with E-state index in [0.717, 1.165) is 0 Å². The van der Waals surface area contributed by atoms with Gasteiger partial charge in [0.25, 0.3) is 10.0 Å². The molecule has 0 bridgehead atoms. The largest absolute Gasteiger partial charge is 0.506 e. The number of carbonyl (C=O) groups is 1. The number of nitrogens with one attached hydrogen (secondary N) is 1. The number of sulfonamides is 1. The Morgan fingerprint density at radius 2 is 1.68 bits per heavy atom. The fourth-order valence-electron chi connectivity index (χ4n) is 2.25. The van der Waals surface area contributed by atoms with Gasteiger partial charge in [0.1, 0.15) is 5.75 Å². The molecule has 0 aliphatic carbocycles. The Morgan fingerprint density at radius 3 is 2.16 bits per heavy atom. The molecule has 0 spiro atoms. The third kappa shape index (κ3) is 3.48. The molecule has 2 rings (SSSR count). The van der Waals surface area contributed by atoms with Gasteiger partial charge in [0.15, 0.2) is 0 Å². The van der Waals surface area contributed by atoms with Crippen LogP contribution in [0.4, 0.5) is 11.4 Å². The Labute approximate surface area is 145 Å². The van der Waals surface area contributed by atoms with Gasteiger partial charge in [-0.2, -0.15) is 0 Å². The van der Waals surface area contributed by atoms with Crippen molar-refractivity contribution in [3.8, 4) is 5.75 Å². The highest BCUT2D eigenvalue weighted by atomic mass is 32.2. The minimum atomic E-state index is -3.98. The number of carbonyl (C=O) groups excluding carboxylic acids is 1. The van der Waals surface area contributed by atoms with E-state index in [-0.39, 0.29) is 27.6 Å². The lowest BCUT2D eigenvalue weighted by molar-refractivity contribution is 0.1000. The highest BCUT2D eigenvalue weighted by Gasteiger charge is 2.19. The minimum Gasteiger partial charge on any atom is -0.506 e. The van der Waals surface area contributed by atoms with Crippen LogP contribution < -0.4 is 16.2 Å². The summed E-state index contributed by atoms with van der Waals surface area (Å²) in [7, 11) is -3.98. The first-order valence-electron chi connectivity index (χ1n) is 7.04. The van der Waals surface area contributed by atoms with E-state index in [4.69, 9.17) is 11.5 Å². The molecule has 0 fully saturated rings. The van der Waals surface area contributed by atoms with E-state index in [2.05, 4.69) is 17.9 Å². The van der Waals surface area contributed by atoms with Crippen molar-refractivity contribution in [1.82, 2.24) is 0 Å². The van der Waals surface area contributed by atoms with Gasteiger partial charge in [0, 0.05) is 22.8 Å². The zero-order valence-corrected chi connectivity index (χ0v) is 14.0. The van der Waals surface area contributed by atoms with Gasteiger partial charge in [-0.05, 0) is 24.3 Å². The topological polar surface area (TPSA) is 136 Å². The van der Waals surface area contributed by atoms with Crippen molar-refractivity contribution in [2.24, 2.45) is 5.73 Å². The SMILES string of the molecule is C=Cc1c(NS(=O)(=O)c2ccc(C(N)=O)cc2)cc(O)c(N)c1C=C. The van der Waals surface area contributed by atoms with Crippen molar-refractivity contribution in [1.29, 1.82) is 0 Å². The number of phenols is 1. The number of amides is 1. The molecule has 0 radical (unpaired) electrons. The standard InChI is InChI=1S/C17H17N3O4S/c1-3-12-13(4-2)16(18)15(21)9-14(12)20-25(23,24)11-7-5-10(6-8-11)17(19)22/h3-9,20-21H,1-2,18H2,(H2,19,22). The van der Waals surface area contributed by atoms with Crippen LogP contribution in [-0.4, -0.2) is 19.4 Å². The summed E-state index contributed by atoms with van der Waals surface area (Å²) in [5, 5.41) is 9.90. The Balaban J connectivity index is 2.51. The number of rotatable bonds is 6. The number of hydrogen-bond donors (Lipinski definition) is 4. The van der Waals surface area contributed by atoms with Crippen LogP contribution in [0.5, 0.6) is 5.75 Å². The molecule has 6 N–H and O–H groups in total. The molecule has 0 aromatic heterocycles. The molecule has 130 valence electrons. The molecular formula is C17H17N3O4S. The molecule has 7 nitrogen and oxygen atoms in total. The molecule has 0 saturated heterocycles. The highest BCUT2D eigenvalue weighted by Crippen LogP contribution is 2.36. The van der Waals surface area contributed by atoms with Crippen molar-refractivity contribution >= 4 is 39.5 Å². The van der Waals surface area contributed by atoms with Crippen molar-refractivity contribution in [2.75, 3.05) is 10.5 Å². The van der Waals surface area contributed by atoms with Crippen molar-refractivity contribution in [2.45, 2.75) is 4.90 Å². The van der Waals surface area contributed by atoms with E-state index in [1.54, 1.807) is 0 Å². The number of benzene rings is 2. The predicted molar refractivity (Wildman–Crippen MR) is 98.5 cm³/mol. The van der Waals surface area contributed by atoms with Crippen LogP contribution in [0.25, 0.3) is 12.2 Å². The minimum absolute atomic E-state index is 0.0682. The molecule has 0 saturated carbocycles. The summed E-state index contributed by atoms with van der Waals surface area (Å²) in [6.07, 6.45) is 2.80. The van der Waals surface area contributed by atoms with Gasteiger partial charge in [0.2, 0.25) is 5.91 Å². The van der Waals surface area contributed by atoms with Gasteiger partial charge in [-0.15, -0.1) is 0 Å². The Hall–Kier alpha value is -3.26. The Kier molecular flexibility index (Phi) is 4.84. The van der Waals surface area contributed by atoms with Crippen LogP contribution in [0, 0.1) is 0 Å². The molecule has 0 aliphatic rings. The van der Waals surface area contributed by atoms with Crippen LogP contribution in [0.3, 0.4) is 0 Å². The summed E-state index contributed by atoms with van der Waals surface area (Å²) in [6, 6.07) is 6.31. The smallest absolute Gasteiger partial charge is 0.261 e. The number of nitrogens with two attached hydrogens (primary N) is 2. The molecule has 25 heavy (non-hydrogen) atoms. The first-order chi connectivity index (χ1) is 11.7. The third-order valence-corrected chi connectivity index (χ3v) is 4.91. The molecule has 0 aliphatic heterocycles. The molecule has 0 heterocycles. The van der Waals surface area contributed by atoms with E-state index in [1.165, 1.54) is 42.5 Å². The molecule has 2 aromatic rings. The van der Waals surface area contributed by atoms with Crippen molar-refractivity contribution < 1.29 is 18.3 Å². The molecule has 8 heteroatoms. The average molecular weight is 359 g/mol. The van der Waals surface area contributed by atoms with E-state index < -0.39 is 15.9 Å². The number of anilines is 2. The van der Waals surface area contributed by atoms with Gasteiger partial charge >= 0.3 is 0 Å². The van der Waals surface area contributed by atoms with E-state index in [1.807, 2.05) is 0 Å². The first-order valence-corrected chi connectivity index (χ1v) is 8.52. The van der Waals surface area contributed by atoms with Crippen LogP contribution in [0.1, 0.15) is 21.5 Å². The zero-order valence-electron chi connectivity index (χ0n) is 13.2. The maximum absolute atomic E-state index is 12.5. The number of phenolic OH excluding ortho intramolecular Hbond substituents is 1. The van der Waals surface area contributed by atoms with Crippen molar-refractivity contribution in [3.05, 3.63) is 60.2 Å². The second-order valence-electron chi connectivity index (χ2n) is 5.09. The maximum Gasteiger partial charge on any atom is 0.261 e. The van der Waals surface area contributed by atoms with Gasteiger partial charge < -0.3 is 16.6 Å². The Bertz CT molecular complexity index is 964. The molecule has 0 atom stereocenters. The summed E-state index contributed by atoms with van der Waals surface area (Å²) < 4.78 is 27.5. The molecule has 0 unspecified atom stereocenters. The Morgan fingerprint density at radius 1 is 1.12 bits per heavy atom. The fourth-order valence-corrected chi connectivity index (χ4v) is 3.32. The summed E-state index contributed by atoms with van der Waals surface area (Å²) in [5.41, 5.74) is 12.0. The molecule has 1 amide bonds. The second-order valence-corrected chi connectivity index (χ2v) is 6.77. The second kappa shape index (κ2) is 6.70. The van der Waals surface area contributed by atoms with Crippen molar-refractivity contribution in [3.63, 3.8) is 0 Å². The number of primary amides is 1. The predicted octanol–water partition coefficient (Wildman–Crippen LogP) is 2.16. The lowest BCUT2D eigenvalue weighted by Crippen LogP contribution is -2.15. The van der Waals surface area contributed by atoms with Crippen LogP contribution in [-0.2, 0) is 10.0 Å². The lowest BCUT2D eigenvalue weighted by Gasteiger charge is -2.15. The molecule has 2 aromatic carbocycles. The monoisotopic (exact) mass is 359 g/mol.